The molecule has 174 valence electrons. The van der Waals surface area contributed by atoms with Crippen molar-refractivity contribution in [1.29, 1.82) is 0 Å². The van der Waals surface area contributed by atoms with Crippen molar-refractivity contribution in [2.75, 3.05) is 59.6 Å². The van der Waals surface area contributed by atoms with E-state index >= 15 is 0 Å². The molecule has 3 heterocycles. The van der Waals surface area contributed by atoms with E-state index in [2.05, 4.69) is 45.5 Å². The van der Waals surface area contributed by atoms with E-state index in [1.807, 2.05) is 30.1 Å². The van der Waals surface area contributed by atoms with Gasteiger partial charge in [0, 0.05) is 51.9 Å². The van der Waals surface area contributed by atoms with Crippen molar-refractivity contribution >= 4 is 5.96 Å². The van der Waals surface area contributed by atoms with E-state index in [1.165, 1.54) is 11.1 Å². The molecule has 0 aliphatic carbocycles. The van der Waals surface area contributed by atoms with Gasteiger partial charge >= 0.3 is 0 Å². The van der Waals surface area contributed by atoms with Crippen LogP contribution in [0.3, 0.4) is 0 Å². The van der Waals surface area contributed by atoms with Crippen molar-refractivity contribution in [1.82, 2.24) is 24.9 Å². The molecule has 8 heteroatoms. The van der Waals surface area contributed by atoms with Gasteiger partial charge in [-0.05, 0) is 36.6 Å². The third-order valence-electron chi connectivity index (χ3n) is 6.42. The predicted molar refractivity (Wildman–Crippen MR) is 126 cm³/mol. The van der Waals surface area contributed by atoms with Crippen LogP contribution in [0.4, 0.5) is 0 Å². The van der Waals surface area contributed by atoms with Gasteiger partial charge in [0.15, 0.2) is 5.96 Å². The number of guanidine groups is 1. The third kappa shape index (κ3) is 5.42. The molecule has 2 aliphatic heterocycles. The minimum atomic E-state index is 0.218. The number of hydrogen-bond donors (Lipinski definition) is 1. The second-order valence-electron chi connectivity index (χ2n) is 8.51. The van der Waals surface area contributed by atoms with Gasteiger partial charge in [-0.2, -0.15) is 5.10 Å². The van der Waals surface area contributed by atoms with Crippen LogP contribution in [-0.4, -0.2) is 85.1 Å². The lowest BCUT2D eigenvalue weighted by Gasteiger charge is -2.34. The van der Waals surface area contributed by atoms with Crippen LogP contribution in [0.1, 0.15) is 36.4 Å². The first kappa shape index (κ1) is 22.6. The van der Waals surface area contributed by atoms with Gasteiger partial charge in [0.05, 0.1) is 39.1 Å². The summed E-state index contributed by atoms with van der Waals surface area (Å²) in [4.78, 5) is 10.0. The number of aliphatic imine (C=N–C) groups is 1. The average Bonchev–Trinajstić information content (AvgIpc) is 3.49. The zero-order valence-electron chi connectivity index (χ0n) is 19.5. The number of rotatable bonds is 7. The monoisotopic (exact) mass is 440 g/mol. The molecule has 0 bridgehead atoms. The summed E-state index contributed by atoms with van der Waals surface area (Å²) in [5.41, 5.74) is 2.58. The number of ether oxygens (including phenoxy) is 2. The first-order chi connectivity index (χ1) is 15.7. The van der Waals surface area contributed by atoms with Gasteiger partial charge in [-0.15, -0.1) is 0 Å². The van der Waals surface area contributed by atoms with E-state index in [0.29, 0.717) is 12.5 Å². The molecular weight excluding hydrogens is 404 g/mol. The van der Waals surface area contributed by atoms with E-state index in [-0.39, 0.29) is 6.04 Å². The Kier molecular flexibility index (Phi) is 7.65. The highest BCUT2D eigenvalue weighted by molar-refractivity contribution is 5.80. The van der Waals surface area contributed by atoms with Gasteiger partial charge in [-0.25, -0.2) is 0 Å². The Hall–Kier alpha value is -2.58. The molecule has 2 aromatic rings. The Morgan fingerprint density at radius 3 is 2.69 bits per heavy atom. The van der Waals surface area contributed by atoms with Crippen molar-refractivity contribution in [2.45, 2.75) is 25.3 Å². The van der Waals surface area contributed by atoms with Crippen LogP contribution in [0.15, 0.2) is 41.7 Å². The lowest BCUT2D eigenvalue weighted by Crippen LogP contribution is -2.42. The highest BCUT2D eigenvalue weighted by Gasteiger charge is 2.28. The Labute approximate surface area is 191 Å². The van der Waals surface area contributed by atoms with Crippen molar-refractivity contribution in [2.24, 2.45) is 12.0 Å². The summed E-state index contributed by atoms with van der Waals surface area (Å²) in [5, 5.41) is 7.87. The maximum absolute atomic E-state index is 5.60. The van der Waals surface area contributed by atoms with Gasteiger partial charge in [-0.1, -0.05) is 12.1 Å². The van der Waals surface area contributed by atoms with Crippen molar-refractivity contribution < 1.29 is 9.47 Å². The Bertz CT molecular complexity index is 875. The minimum absolute atomic E-state index is 0.218. The van der Waals surface area contributed by atoms with E-state index < -0.39 is 0 Å². The average molecular weight is 441 g/mol. The smallest absolute Gasteiger partial charge is 0.194 e. The summed E-state index contributed by atoms with van der Waals surface area (Å²) in [7, 11) is 3.68. The van der Waals surface area contributed by atoms with E-state index in [4.69, 9.17) is 14.5 Å². The maximum atomic E-state index is 5.60. The quantitative estimate of drug-likeness (QED) is 0.526. The normalized spacial score (nSPS) is 21.0. The SMILES string of the molecule is CCNC(=NCC(c1ccc(OC)cc1)N1CCOCC1)N1CCC(c2cnn(C)c2)C1. The highest BCUT2D eigenvalue weighted by Crippen LogP contribution is 2.28. The number of morpholine rings is 1. The second kappa shape index (κ2) is 10.8. The van der Waals surface area contributed by atoms with Gasteiger partial charge in [0.2, 0.25) is 0 Å². The van der Waals surface area contributed by atoms with Crippen LogP contribution in [0.25, 0.3) is 0 Å². The largest absolute Gasteiger partial charge is 0.497 e. The van der Waals surface area contributed by atoms with Crippen molar-refractivity contribution in [3.05, 3.63) is 47.8 Å². The number of likely N-dealkylation sites (tertiary alicyclic amines) is 1. The van der Waals surface area contributed by atoms with Gasteiger partial charge in [-0.3, -0.25) is 14.6 Å². The number of nitrogens with zero attached hydrogens (tertiary/aromatic N) is 5. The van der Waals surface area contributed by atoms with E-state index in [0.717, 1.165) is 64.1 Å². The highest BCUT2D eigenvalue weighted by atomic mass is 16.5. The molecule has 2 saturated heterocycles. The molecule has 4 rings (SSSR count). The van der Waals surface area contributed by atoms with Gasteiger partial charge in [0.1, 0.15) is 5.75 Å². The topological polar surface area (TPSA) is 67.2 Å². The van der Waals surface area contributed by atoms with Gasteiger partial charge in [0.25, 0.3) is 0 Å². The van der Waals surface area contributed by atoms with Crippen LogP contribution < -0.4 is 10.1 Å². The van der Waals surface area contributed by atoms with E-state index in [9.17, 15) is 0 Å². The molecule has 2 fully saturated rings. The number of methoxy groups -OCH3 is 1. The second-order valence-corrected chi connectivity index (χ2v) is 8.51. The number of aryl methyl sites for hydroxylation is 1. The first-order valence-corrected chi connectivity index (χ1v) is 11.7. The lowest BCUT2D eigenvalue weighted by molar-refractivity contribution is 0.0179. The molecule has 1 aromatic carbocycles. The molecule has 1 aromatic heterocycles. The fourth-order valence-corrected chi connectivity index (χ4v) is 4.62. The molecular formula is C24H36N6O2. The number of benzene rings is 1. The summed E-state index contributed by atoms with van der Waals surface area (Å²) < 4.78 is 12.8. The molecule has 0 amide bonds. The molecule has 2 unspecified atom stereocenters. The van der Waals surface area contributed by atoms with Crippen molar-refractivity contribution in [3.63, 3.8) is 0 Å². The van der Waals surface area contributed by atoms with Gasteiger partial charge < -0.3 is 19.7 Å². The lowest BCUT2D eigenvalue weighted by atomic mass is 10.0. The van der Waals surface area contributed by atoms with Crippen LogP contribution >= 0.6 is 0 Å². The molecule has 8 nitrogen and oxygen atoms in total. The maximum Gasteiger partial charge on any atom is 0.194 e. The predicted octanol–water partition coefficient (Wildman–Crippen LogP) is 2.26. The molecule has 32 heavy (non-hydrogen) atoms. The minimum Gasteiger partial charge on any atom is -0.497 e. The summed E-state index contributed by atoms with van der Waals surface area (Å²) in [6.07, 6.45) is 5.26. The third-order valence-corrected chi connectivity index (χ3v) is 6.42. The molecule has 2 atom stereocenters. The van der Waals surface area contributed by atoms with E-state index in [1.54, 1.807) is 7.11 Å². The summed E-state index contributed by atoms with van der Waals surface area (Å²) >= 11 is 0. The standard InChI is InChI=1S/C24H36N6O2/c1-4-25-24(30-10-9-20(18-30)21-15-27-28(2)17-21)26-16-23(29-11-13-32-14-12-29)19-5-7-22(31-3)8-6-19/h5-8,15,17,20,23H,4,9-14,16,18H2,1-3H3,(H,25,26). The zero-order chi connectivity index (χ0) is 22.3. The Morgan fingerprint density at radius 1 is 1.25 bits per heavy atom. The summed E-state index contributed by atoms with van der Waals surface area (Å²) in [6.45, 7) is 9.09. The van der Waals surface area contributed by atoms with Crippen molar-refractivity contribution in [3.8, 4) is 5.75 Å². The molecule has 1 N–H and O–H groups in total. The first-order valence-electron chi connectivity index (χ1n) is 11.7. The Morgan fingerprint density at radius 2 is 2.03 bits per heavy atom. The molecule has 0 saturated carbocycles. The summed E-state index contributed by atoms with van der Waals surface area (Å²) in [6, 6.07) is 8.62. The number of hydrogen-bond acceptors (Lipinski definition) is 5. The number of aromatic nitrogens is 2. The van der Waals surface area contributed by atoms with Crippen LogP contribution in [0.5, 0.6) is 5.75 Å². The Balaban J connectivity index is 1.50. The zero-order valence-corrected chi connectivity index (χ0v) is 19.5. The van der Waals surface area contributed by atoms with Crippen LogP contribution in [0.2, 0.25) is 0 Å². The summed E-state index contributed by atoms with van der Waals surface area (Å²) in [5.74, 6) is 2.39. The van der Waals surface area contributed by atoms with Crippen LogP contribution in [-0.2, 0) is 11.8 Å². The van der Waals surface area contributed by atoms with Crippen LogP contribution in [0, 0.1) is 0 Å². The fourth-order valence-electron chi connectivity index (χ4n) is 4.62. The molecule has 0 spiro atoms. The molecule has 0 radical (unpaired) electrons. The fraction of sp³-hybridized carbons (Fsp3) is 0.583. The molecule has 2 aliphatic rings. The number of nitrogens with one attached hydrogen (secondary N) is 1.